The molecule has 0 aliphatic carbocycles. The van der Waals surface area contributed by atoms with Crippen LogP contribution in [-0.2, 0) is 20.4 Å². The predicted molar refractivity (Wildman–Crippen MR) is 74.9 cm³/mol. The normalized spacial score (nSPS) is 11.8. The highest BCUT2D eigenvalue weighted by atomic mass is 35.7. The zero-order valence-electron chi connectivity index (χ0n) is 10.7. The summed E-state index contributed by atoms with van der Waals surface area (Å²) in [6.45, 7) is 1.84. The van der Waals surface area contributed by atoms with E-state index in [9.17, 15) is 8.42 Å². The minimum Gasteiger partial charge on any atom is -0.378 e. The van der Waals surface area contributed by atoms with Gasteiger partial charge < -0.3 is 4.74 Å². The van der Waals surface area contributed by atoms with Crippen molar-refractivity contribution in [2.24, 2.45) is 0 Å². The minimum absolute atomic E-state index is 0.0280. The second kappa shape index (κ2) is 5.69. The Morgan fingerprint density at radius 1 is 1.45 bits per heavy atom. The molecule has 0 atom stereocenters. The first kappa shape index (κ1) is 15.2. The van der Waals surface area contributed by atoms with Crippen LogP contribution in [-0.4, -0.2) is 30.3 Å². The van der Waals surface area contributed by atoms with Crippen molar-refractivity contribution in [1.82, 2.24) is 14.8 Å². The second-order valence-electron chi connectivity index (χ2n) is 4.04. The van der Waals surface area contributed by atoms with Crippen LogP contribution >= 0.6 is 22.3 Å². The van der Waals surface area contributed by atoms with E-state index in [0.717, 1.165) is 5.56 Å². The fraction of sp³-hybridized carbons (Fsp3) is 0.273. The number of aryl methyl sites for hydroxylation is 1. The van der Waals surface area contributed by atoms with Gasteiger partial charge in [-0.25, -0.2) is 18.1 Å². The Balaban J connectivity index is 2.68. The van der Waals surface area contributed by atoms with E-state index < -0.39 is 9.05 Å². The Morgan fingerprint density at radius 3 is 2.70 bits per heavy atom. The fourth-order valence-corrected chi connectivity index (χ4v) is 3.50. The molecule has 2 rings (SSSR count). The quantitative estimate of drug-likeness (QED) is 0.801. The summed E-state index contributed by atoms with van der Waals surface area (Å²) in [5.74, 6) is 0.402. The van der Waals surface area contributed by atoms with E-state index in [4.69, 9.17) is 27.0 Å². The SMILES string of the molecule is COCc1nn(-c2cc(C)ccn2)c(Cl)c1S(=O)(=O)Cl. The van der Waals surface area contributed by atoms with Gasteiger partial charge in [0.05, 0.1) is 6.61 Å². The molecule has 0 aliphatic heterocycles. The molecule has 0 spiro atoms. The zero-order valence-corrected chi connectivity index (χ0v) is 13.0. The number of hydrogen-bond donors (Lipinski definition) is 0. The molecular weight excluding hydrogens is 325 g/mol. The molecule has 0 unspecified atom stereocenters. The van der Waals surface area contributed by atoms with Crippen molar-refractivity contribution < 1.29 is 13.2 Å². The van der Waals surface area contributed by atoms with Gasteiger partial charge in [-0.05, 0) is 24.6 Å². The molecule has 0 saturated heterocycles. The first-order valence-electron chi connectivity index (χ1n) is 5.48. The standard InChI is InChI=1S/C11H11Cl2N3O3S/c1-7-3-4-14-9(5-7)16-11(12)10(20(13,17)18)8(15-16)6-19-2/h3-5H,6H2,1-2H3. The van der Waals surface area contributed by atoms with Crippen LogP contribution in [0.25, 0.3) is 5.82 Å². The van der Waals surface area contributed by atoms with Crippen LogP contribution in [0.4, 0.5) is 0 Å². The molecule has 0 bridgehead atoms. The first-order valence-corrected chi connectivity index (χ1v) is 8.17. The topological polar surface area (TPSA) is 74.1 Å². The van der Waals surface area contributed by atoms with E-state index in [0.29, 0.717) is 5.82 Å². The Bertz CT molecular complexity index is 743. The minimum atomic E-state index is -4.03. The summed E-state index contributed by atoms with van der Waals surface area (Å²) < 4.78 is 29.4. The number of methoxy groups -OCH3 is 1. The molecule has 0 saturated carbocycles. The van der Waals surface area contributed by atoms with Crippen LogP contribution in [0.5, 0.6) is 0 Å². The van der Waals surface area contributed by atoms with Gasteiger partial charge in [0.15, 0.2) is 11.0 Å². The third kappa shape index (κ3) is 2.95. The van der Waals surface area contributed by atoms with Gasteiger partial charge in [0.25, 0.3) is 9.05 Å². The number of rotatable bonds is 4. The van der Waals surface area contributed by atoms with Crippen LogP contribution in [0, 0.1) is 6.92 Å². The molecule has 0 N–H and O–H groups in total. The van der Waals surface area contributed by atoms with Crippen LogP contribution in [0.1, 0.15) is 11.3 Å². The maximum Gasteiger partial charge on any atom is 0.266 e. The van der Waals surface area contributed by atoms with E-state index in [2.05, 4.69) is 10.1 Å². The zero-order chi connectivity index (χ0) is 14.9. The van der Waals surface area contributed by atoms with Crippen molar-refractivity contribution in [3.63, 3.8) is 0 Å². The number of hydrogen-bond acceptors (Lipinski definition) is 5. The van der Waals surface area contributed by atoms with Crippen LogP contribution in [0.15, 0.2) is 23.2 Å². The van der Waals surface area contributed by atoms with Gasteiger partial charge in [-0.3, -0.25) is 0 Å². The van der Waals surface area contributed by atoms with Gasteiger partial charge >= 0.3 is 0 Å². The monoisotopic (exact) mass is 335 g/mol. The molecule has 6 nitrogen and oxygen atoms in total. The van der Waals surface area contributed by atoms with E-state index >= 15 is 0 Å². The molecule has 2 aromatic rings. The number of ether oxygens (including phenoxy) is 1. The van der Waals surface area contributed by atoms with Crippen molar-refractivity contribution in [3.8, 4) is 5.82 Å². The maximum atomic E-state index is 11.6. The van der Waals surface area contributed by atoms with Gasteiger partial charge in [0.2, 0.25) is 0 Å². The number of halogens is 2. The lowest BCUT2D eigenvalue weighted by molar-refractivity contribution is 0.179. The number of aromatic nitrogens is 3. The van der Waals surface area contributed by atoms with Gasteiger partial charge in [-0.15, -0.1) is 0 Å². The predicted octanol–water partition coefficient (Wildman–Crippen LogP) is 2.30. The lowest BCUT2D eigenvalue weighted by atomic mass is 10.3. The highest BCUT2D eigenvalue weighted by molar-refractivity contribution is 8.13. The summed E-state index contributed by atoms with van der Waals surface area (Å²) in [5, 5.41) is 3.99. The van der Waals surface area contributed by atoms with Crippen molar-refractivity contribution in [1.29, 1.82) is 0 Å². The maximum absolute atomic E-state index is 11.6. The molecule has 9 heteroatoms. The van der Waals surface area contributed by atoms with E-state index in [1.165, 1.54) is 11.8 Å². The summed E-state index contributed by atoms with van der Waals surface area (Å²) >= 11 is 6.08. The van der Waals surface area contributed by atoms with Gasteiger partial charge in [0.1, 0.15) is 10.6 Å². The van der Waals surface area contributed by atoms with Crippen LogP contribution in [0.2, 0.25) is 5.15 Å². The van der Waals surface area contributed by atoms with Crippen molar-refractivity contribution in [2.75, 3.05) is 7.11 Å². The average molecular weight is 336 g/mol. The lowest BCUT2D eigenvalue weighted by Gasteiger charge is -2.02. The van der Waals surface area contributed by atoms with E-state index in [1.807, 2.05) is 6.92 Å². The molecule has 2 aromatic heterocycles. The number of pyridine rings is 1. The Kier molecular flexibility index (Phi) is 4.33. The van der Waals surface area contributed by atoms with Gasteiger partial charge in [-0.2, -0.15) is 5.10 Å². The molecule has 0 aliphatic rings. The first-order chi connectivity index (χ1) is 9.34. The number of nitrogens with zero attached hydrogens (tertiary/aromatic N) is 3. The highest BCUT2D eigenvalue weighted by Crippen LogP contribution is 2.30. The lowest BCUT2D eigenvalue weighted by Crippen LogP contribution is -2.01. The smallest absolute Gasteiger partial charge is 0.266 e. The highest BCUT2D eigenvalue weighted by Gasteiger charge is 2.27. The summed E-state index contributed by atoms with van der Waals surface area (Å²) in [6.07, 6.45) is 1.58. The van der Waals surface area contributed by atoms with Crippen molar-refractivity contribution in [3.05, 3.63) is 34.7 Å². The molecule has 0 radical (unpaired) electrons. The fourth-order valence-electron chi connectivity index (χ4n) is 1.69. The summed E-state index contributed by atoms with van der Waals surface area (Å²) in [4.78, 5) is 3.85. The molecule has 108 valence electrons. The Labute approximate surface area is 125 Å². The summed E-state index contributed by atoms with van der Waals surface area (Å²) in [6, 6.07) is 3.52. The van der Waals surface area contributed by atoms with Crippen molar-refractivity contribution >= 4 is 31.3 Å². The molecule has 0 amide bonds. The third-order valence-electron chi connectivity index (χ3n) is 2.50. The van der Waals surface area contributed by atoms with E-state index in [-0.39, 0.29) is 22.3 Å². The molecule has 2 heterocycles. The second-order valence-corrected chi connectivity index (χ2v) is 6.90. The van der Waals surface area contributed by atoms with Gasteiger partial charge in [0, 0.05) is 24.0 Å². The summed E-state index contributed by atoms with van der Waals surface area (Å²) in [5.41, 5.74) is 1.07. The molecule has 20 heavy (non-hydrogen) atoms. The third-order valence-corrected chi connectivity index (χ3v) is 4.34. The van der Waals surface area contributed by atoms with Crippen molar-refractivity contribution in [2.45, 2.75) is 18.4 Å². The van der Waals surface area contributed by atoms with E-state index in [1.54, 1.807) is 18.3 Å². The van der Waals surface area contributed by atoms with Crippen LogP contribution in [0.3, 0.4) is 0 Å². The molecule has 0 aromatic carbocycles. The molecular formula is C11H11Cl2N3O3S. The molecule has 0 fully saturated rings. The van der Waals surface area contributed by atoms with Crippen LogP contribution < -0.4 is 0 Å². The Morgan fingerprint density at radius 2 is 2.15 bits per heavy atom. The largest absolute Gasteiger partial charge is 0.378 e. The average Bonchev–Trinajstić information content (AvgIpc) is 2.66. The van der Waals surface area contributed by atoms with Gasteiger partial charge in [-0.1, -0.05) is 11.6 Å². The summed E-state index contributed by atoms with van der Waals surface area (Å²) in [7, 11) is 2.78. The Hall–Kier alpha value is -1.15.